The van der Waals surface area contributed by atoms with Gasteiger partial charge in [0, 0.05) is 25.6 Å². The van der Waals surface area contributed by atoms with Gasteiger partial charge in [0.25, 0.3) is 0 Å². The quantitative estimate of drug-likeness (QED) is 0.815. The van der Waals surface area contributed by atoms with Crippen molar-refractivity contribution in [1.29, 1.82) is 0 Å². The Hall–Kier alpha value is -2.39. The monoisotopic (exact) mass is 345 g/mol. The highest BCUT2D eigenvalue weighted by Gasteiger charge is 2.42. The van der Waals surface area contributed by atoms with Crippen molar-refractivity contribution in [2.24, 2.45) is 11.0 Å². The van der Waals surface area contributed by atoms with Gasteiger partial charge < -0.3 is 4.90 Å². The lowest BCUT2D eigenvalue weighted by Gasteiger charge is -2.34. The smallest absolute Gasteiger partial charge is 0.0816 e. The topological polar surface area (TPSA) is 18.8 Å². The summed E-state index contributed by atoms with van der Waals surface area (Å²) in [5.74, 6) is 0.428. The van der Waals surface area contributed by atoms with Crippen molar-refractivity contribution >= 4 is 11.8 Å². The highest BCUT2D eigenvalue weighted by molar-refractivity contribution is 6.07. The molecule has 134 valence electrons. The van der Waals surface area contributed by atoms with Gasteiger partial charge in [-0.3, -0.25) is 5.01 Å². The summed E-state index contributed by atoms with van der Waals surface area (Å²) in [6.45, 7) is 5.26. The SMILES string of the molecule is CCCN1N=C2/C(=C/c3ccccc3)CN(C)CC2C1c1ccccc1. The van der Waals surface area contributed by atoms with Crippen LogP contribution in [-0.4, -0.2) is 42.3 Å². The molecule has 0 amide bonds. The number of piperidine rings is 1. The number of likely N-dealkylation sites (tertiary alicyclic amines) is 1. The zero-order valence-corrected chi connectivity index (χ0v) is 15.7. The van der Waals surface area contributed by atoms with Crippen LogP contribution >= 0.6 is 0 Å². The van der Waals surface area contributed by atoms with E-state index < -0.39 is 0 Å². The fourth-order valence-corrected chi connectivity index (χ4v) is 4.24. The van der Waals surface area contributed by atoms with E-state index in [0.29, 0.717) is 12.0 Å². The number of hydrogen-bond donors (Lipinski definition) is 0. The largest absolute Gasteiger partial charge is 0.301 e. The van der Waals surface area contributed by atoms with Crippen LogP contribution in [-0.2, 0) is 0 Å². The molecular formula is C23H27N3. The molecule has 4 rings (SSSR count). The van der Waals surface area contributed by atoms with Crippen molar-refractivity contribution in [3.8, 4) is 0 Å². The molecular weight excluding hydrogens is 318 g/mol. The number of nitrogens with zero attached hydrogens (tertiary/aromatic N) is 3. The van der Waals surface area contributed by atoms with Gasteiger partial charge in [0.2, 0.25) is 0 Å². The van der Waals surface area contributed by atoms with Crippen LogP contribution in [0.4, 0.5) is 0 Å². The minimum absolute atomic E-state index is 0.341. The molecule has 3 heteroatoms. The van der Waals surface area contributed by atoms with Crippen molar-refractivity contribution in [2.75, 3.05) is 26.7 Å². The summed E-state index contributed by atoms with van der Waals surface area (Å²) < 4.78 is 0. The zero-order valence-electron chi connectivity index (χ0n) is 15.7. The second-order valence-corrected chi connectivity index (χ2v) is 7.39. The molecule has 1 fully saturated rings. The van der Waals surface area contributed by atoms with Gasteiger partial charge in [0.1, 0.15) is 0 Å². The van der Waals surface area contributed by atoms with Gasteiger partial charge in [-0.1, -0.05) is 67.6 Å². The molecule has 0 radical (unpaired) electrons. The Morgan fingerprint density at radius 2 is 1.73 bits per heavy atom. The first-order chi connectivity index (χ1) is 12.8. The molecule has 0 aromatic heterocycles. The van der Waals surface area contributed by atoms with Crippen molar-refractivity contribution in [3.05, 3.63) is 77.4 Å². The summed E-state index contributed by atoms with van der Waals surface area (Å²) in [4.78, 5) is 2.43. The molecule has 2 atom stereocenters. The van der Waals surface area contributed by atoms with Gasteiger partial charge in [0.15, 0.2) is 0 Å². The third kappa shape index (κ3) is 3.32. The molecule has 2 aliphatic rings. The number of benzene rings is 2. The third-order valence-corrected chi connectivity index (χ3v) is 5.30. The van der Waals surface area contributed by atoms with Crippen LogP contribution in [0.1, 0.15) is 30.5 Å². The summed E-state index contributed by atoms with van der Waals surface area (Å²) >= 11 is 0. The Labute approximate surface area is 156 Å². The van der Waals surface area contributed by atoms with Crippen LogP contribution in [0.15, 0.2) is 71.3 Å². The van der Waals surface area contributed by atoms with Gasteiger partial charge in [0.05, 0.1) is 11.8 Å². The van der Waals surface area contributed by atoms with Crippen LogP contribution in [0.5, 0.6) is 0 Å². The van der Waals surface area contributed by atoms with Crippen LogP contribution in [0.2, 0.25) is 0 Å². The fourth-order valence-electron chi connectivity index (χ4n) is 4.24. The number of hydrazone groups is 1. The number of likely N-dealkylation sites (N-methyl/N-ethyl adjacent to an activating group) is 1. The molecule has 2 aromatic rings. The van der Waals surface area contributed by atoms with Crippen molar-refractivity contribution in [1.82, 2.24) is 9.91 Å². The molecule has 0 saturated carbocycles. The second-order valence-electron chi connectivity index (χ2n) is 7.39. The normalized spacial score (nSPS) is 24.6. The molecule has 2 heterocycles. The first-order valence-corrected chi connectivity index (χ1v) is 9.61. The third-order valence-electron chi connectivity index (χ3n) is 5.30. The molecule has 26 heavy (non-hydrogen) atoms. The maximum atomic E-state index is 5.12. The van der Waals surface area contributed by atoms with E-state index in [-0.39, 0.29) is 0 Å². The Bertz CT molecular complexity index is 795. The lowest BCUT2D eigenvalue weighted by Crippen LogP contribution is -2.41. The zero-order chi connectivity index (χ0) is 17.9. The van der Waals surface area contributed by atoms with Gasteiger partial charge in [-0.15, -0.1) is 0 Å². The highest BCUT2D eigenvalue weighted by Crippen LogP contribution is 2.40. The molecule has 3 nitrogen and oxygen atoms in total. The molecule has 0 spiro atoms. The lowest BCUT2D eigenvalue weighted by atomic mass is 9.83. The maximum Gasteiger partial charge on any atom is 0.0816 e. The van der Waals surface area contributed by atoms with E-state index in [1.165, 1.54) is 22.4 Å². The summed E-state index contributed by atoms with van der Waals surface area (Å²) in [5.41, 5.74) is 5.27. The van der Waals surface area contributed by atoms with Gasteiger partial charge in [-0.2, -0.15) is 5.10 Å². The van der Waals surface area contributed by atoms with E-state index in [9.17, 15) is 0 Å². The number of fused-ring (bicyclic) bond motifs is 1. The van der Waals surface area contributed by atoms with E-state index in [0.717, 1.165) is 26.1 Å². The predicted molar refractivity (Wildman–Crippen MR) is 109 cm³/mol. The summed E-state index contributed by atoms with van der Waals surface area (Å²) in [6, 6.07) is 21.8. The summed E-state index contributed by atoms with van der Waals surface area (Å²) in [6.07, 6.45) is 3.43. The molecule has 2 aliphatic heterocycles. The standard InChI is InChI=1S/C23H27N3/c1-3-14-26-23(19-12-8-5-9-13-19)21-17-25(2)16-20(22(21)24-26)15-18-10-6-4-7-11-18/h4-13,15,21,23H,3,14,16-17H2,1-2H3/b20-15+. The van der Waals surface area contributed by atoms with Crippen molar-refractivity contribution in [2.45, 2.75) is 19.4 Å². The molecule has 0 aliphatic carbocycles. The first-order valence-electron chi connectivity index (χ1n) is 9.61. The van der Waals surface area contributed by atoms with Crippen molar-refractivity contribution in [3.63, 3.8) is 0 Å². The van der Waals surface area contributed by atoms with Gasteiger partial charge in [-0.05, 0) is 36.2 Å². The fraction of sp³-hybridized carbons (Fsp3) is 0.348. The minimum Gasteiger partial charge on any atom is -0.301 e. The Morgan fingerprint density at radius 3 is 2.42 bits per heavy atom. The molecule has 2 aromatic carbocycles. The minimum atomic E-state index is 0.341. The van der Waals surface area contributed by atoms with Crippen LogP contribution in [0.25, 0.3) is 6.08 Å². The summed E-state index contributed by atoms with van der Waals surface area (Å²) in [5, 5.41) is 7.45. The molecule has 0 bridgehead atoms. The predicted octanol–water partition coefficient (Wildman–Crippen LogP) is 4.45. The van der Waals surface area contributed by atoms with Crippen LogP contribution in [0.3, 0.4) is 0 Å². The van der Waals surface area contributed by atoms with E-state index in [1.807, 2.05) is 0 Å². The Balaban J connectivity index is 1.73. The van der Waals surface area contributed by atoms with Gasteiger partial charge in [-0.25, -0.2) is 0 Å². The van der Waals surface area contributed by atoms with E-state index in [2.05, 4.69) is 90.6 Å². The molecule has 1 saturated heterocycles. The van der Waals surface area contributed by atoms with Crippen LogP contribution in [0, 0.1) is 5.92 Å². The van der Waals surface area contributed by atoms with Crippen LogP contribution < -0.4 is 0 Å². The summed E-state index contributed by atoms with van der Waals surface area (Å²) in [7, 11) is 2.22. The number of hydrogen-bond acceptors (Lipinski definition) is 3. The van der Waals surface area contributed by atoms with Crippen molar-refractivity contribution < 1.29 is 0 Å². The Morgan fingerprint density at radius 1 is 1.04 bits per heavy atom. The van der Waals surface area contributed by atoms with E-state index in [1.54, 1.807) is 0 Å². The second kappa shape index (κ2) is 7.46. The Kier molecular flexibility index (Phi) is 4.89. The highest BCUT2D eigenvalue weighted by atomic mass is 15.5. The average molecular weight is 345 g/mol. The first kappa shape index (κ1) is 17.0. The number of rotatable bonds is 4. The van der Waals surface area contributed by atoms with E-state index >= 15 is 0 Å². The lowest BCUT2D eigenvalue weighted by molar-refractivity contribution is 0.179. The average Bonchev–Trinajstić information content (AvgIpc) is 3.02. The maximum absolute atomic E-state index is 5.12. The van der Waals surface area contributed by atoms with Gasteiger partial charge >= 0.3 is 0 Å². The van der Waals surface area contributed by atoms with E-state index in [4.69, 9.17) is 5.10 Å². The molecule has 0 N–H and O–H groups in total. The molecule has 2 unspecified atom stereocenters.